The molecule has 2 rings (SSSR count). The molecule has 2 aromatic carbocycles. The van der Waals surface area contributed by atoms with Gasteiger partial charge in [-0.1, -0.05) is 18.2 Å². The average molecular weight is 243 g/mol. The van der Waals surface area contributed by atoms with Crippen molar-refractivity contribution < 1.29 is 9.84 Å². The number of methoxy groups -OCH3 is 1. The zero-order valence-electron chi connectivity index (χ0n) is 10.4. The van der Waals surface area contributed by atoms with Gasteiger partial charge >= 0.3 is 0 Å². The molecule has 18 heavy (non-hydrogen) atoms. The summed E-state index contributed by atoms with van der Waals surface area (Å²) in [4.78, 5) is 0. The number of benzene rings is 2. The summed E-state index contributed by atoms with van der Waals surface area (Å²) in [5.41, 5.74) is 3.07. The molecular formula is C15H17NO2. The van der Waals surface area contributed by atoms with Crippen molar-refractivity contribution in [2.45, 2.75) is 6.42 Å². The van der Waals surface area contributed by atoms with Crippen LogP contribution >= 0.6 is 0 Å². The Morgan fingerprint density at radius 2 is 1.89 bits per heavy atom. The van der Waals surface area contributed by atoms with Crippen LogP contribution in [0.25, 0.3) is 0 Å². The van der Waals surface area contributed by atoms with Crippen molar-refractivity contribution in [3.8, 4) is 5.75 Å². The smallest absolute Gasteiger partial charge is 0.119 e. The number of ether oxygens (including phenoxy) is 1. The zero-order valence-corrected chi connectivity index (χ0v) is 10.4. The van der Waals surface area contributed by atoms with Gasteiger partial charge in [-0.25, -0.2) is 0 Å². The van der Waals surface area contributed by atoms with E-state index < -0.39 is 0 Å². The molecule has 0 atom stereocenters. The summed E-state index contributed by atoms with van der Waals surface area (Å²) in [6.45, 7) is 0.122. The molecule has 0 aliphatic heterocycles. The van der Waals surface area contributed by atoms with Crippen molar-refractivity contribution in [3.05, 3.63) is 54.1 Å². The summed E-state index contributed by atoms with van der Waals surface area (Å²) < 4.78 is 5.20. The zero-order chi connectivity index (χ0) is 12.8. The fourth-order valence-electron chi connectivity index (χ4n) is 1.82. The van der Waals surface area contributed by atoms with Gasteiger partial charge < -0.3 is 15.2 Å². The number of aliphatic hydroxyl groups excluding tert-OH is 1. The Hall–Kier alpha value is -2.00. The SMILES string of the molecule is COc1ccc(Nc2ccccc2)c(CCO)c1. The van der Waals surface area contributed by atoms with E-state index in [9.17, 15) is 0 Å². The number of hydrogen-bond acceptors (Lipinski definition) is 3. The van der Waals surface area contributed by atoms with E-state index >= 15 is 0 Å². The van der Waals surface area contributed by atoms with Crippen LogP contribution in [-0.2, 0) is 6.42 Å². The standard InChI is InChI=1S/C15H17NO2/c1-18-14-7-8-15(12(11-14)9-10-17)16-13-5-3-2-4-6-13/h2-8,11,16-17H,9-10H2,1H3. The molecule has 3 heteroatoms. The van der Waals surface area contributed by atoms with Crippen LogP contribution in [0.4, 0.5) is 11.4 Å². The molecule has 2 N–H and O–H groups in total. The minimum absolute atomic E-state index is 0.122. The second kappa shape index (κ2) is 6.07. The van der Waals surface area contributed by atoms with E-state index in [0.29, 0.717) is 6.42 Å². The van der Waals surface area contributed by atoms with Crippen LogP contribution in [-0.4, -0.2) is 18.8 Å². The normalized spacial score (nSPS) is 10.1. The second-order valence-corrected chi connectivity index (χ2v) is 3.99. The van der Waals surface area contributed by atoms with Gasteiger partial charge in [-0.2, -0.15) is 0 Å². The van der Waals surface area contributed by atoms with Crippen molar-refractivity contribution in [1.82, 2.24) is 0 Å². The Labute approximate surface area is 107 Å². The summed E-state index contributed by atoms with van der Waals surface area (Å²) >= 11 is 0. The number of nitrogens with one attached hydrogen (secondary N) is 1. The van der Waals surface area contributed by atoms with Gasteiger partial charge in [-0.15, -0.1) is 0 Å². The first-order valence-electron chi connectivity index (χ1n) is 5.93. The van der Waals surface area contributed by atoms with E-state index in [-0.39, 0.29) is 6.61 Å². The highest BCUT2D eigenvalue weighted by atomic mass is 16.5. The Kier molecular flexibility index (Phi) is 4.20. The lowest BCUT2D eigenvalue weighted by Crippen LogP contribution is -1.99. The van der Waals surface area contributed by atoms with Gasteiger partial charge in [-0.05, 0) is 42.3 Å². The maximum absolute atomic E-state index is 9.11. The fourth-order valence-corrected chi connectivity index (χ4v) is 1.82. The van der Waals surface area contributed by atoms with Gasteiger partial charge in [0.25, 0.3) is 0 Å². The minimum Gasteiger partial charge on any atom is -0.497 e. The molecule has 0 saturated carbocycles. The van der Waals surface area contributed by atoms with Crippen LogP contribution in [0.1, 0.15) is 5.56 Å². The number of aliphatic hydroxyl groups is 1. The van der Waals surface area contributed by atoms with Crippen molar-refractivity contribution in [1.29, 1.82) is 0 Å². The molecule has 0 aliphatic carbocycles. The molecular weight excluding hydrogens is 226 g/mol. The first-order valence-corrected chi connectivity index (χ1v) is 5.93. The quantitative estimate of drug-likeness (QED) is 0.848. The molecule has 0 heterocycles. The Morgan fingerprint density at radius 3 is 2.56 bits per heavy atom. The Morgan fingerprint density at radius 1 is 1.11 bits per heavy atom. The summed E-state index contributed by atoms with van der Waals surface area (Å²) in [6.07, 6.45) is 0.604. The lowest BCUT2D eigenvalue weighted by Gasteiger charge is -2.13. The van der Waals surface area contributed by atoms with E-state index in [1.54, 1.807) is 7.11 Å². The first-order chi connectivity index (χ1) is 8.83. The molecule has 0 radical (unpaired) electrons. The molecule has 0 amide bonds. The Bertz CT molecular complexity index is 497. The third-order valence-electron chi connectivity index (χ3n) is 2.75. The Balaban J connectivity index is 2.26. The highest BCUT2D eigenvalue weighted by Crippen LogP contribution is 2.25. The molecule has 3 nitrogen and oxygen atoms in total. The molecule has 0 saturated heterocycles. The van der Waals surface area contributed by atoms with Crippen LogP contribution in [0, 0.1) is 0 Å². The summed E-state index contributed by atoms with van der Waals surface area (Å²) in [6, 6.07) is 15.8. The van der Waals surface area contributed by atoms with E-state index in [1.807, 2.05) is 48.5 Å². The third kappa shape index (κ3) is 3.02. The molecule has 0 fully saturated rings. The average Bonchev–Trinajstić information content (AvgIpc) is 2.42. The highest BCUT2D eigenvalue weighted by molar-refractivity contribution is 5.64. The van der Waals surface area contributed by atoms with Crippen LogP contribution < -0.4 is 10.1 Å². The maximum Gasteiger partial charge on any atom is 0.119 e. The van der Waals surface area contributed by atoms with Crippen LogP contribution in [0.15, 0.2) is 48.5 Å². The number of rotatable bonds is 5. The van der Waals surface area contributed by atoms with Crippen molar-refractivity contribution in [3.63, 3.8) is 0 Å². The van der Waals surface area contributed by atoms with Gasteiger partial charge in [0.05, 0.1) is 7.11 Å². The molecule has 0 unspecified atom stereocenters. The number of hydrogen-bond donors (Lipinski definition) is 2. The minimum atomic E-state index is 0.122. The van der Waals surface area contributed by atoms with Crippen molar-refractivity contribution in [2.24, 2.45) is 0 Å². The predicted octanol–water partition coefficient (Wildman–Crippen LogP) is 2.97. The lowest BCUT2D eigenvalue weighted by molar-refractivity contribution is 0.299. The second-order valence-electron chi connectivity index (χ2n) is 3.99. The van der Waals surface area contributed by atoms with Crippen LogP contribution in [0.3, 0.4) is 0 Å². The van der Waals surface area contributed by atoms with Crippen LogP contribution in [0.2, 0.25) is 0 Å². The van der Waals surface area contributed by atoms with E-state index in [1.165, 1.54) is 0 Å². The number of para-hydroxylation sites is 1. The van der Waals surface area contributed by atoms with Gasteiger partial charge in [0.15, 0.2) is 0 Å². The molecule has 0 bridgehead atoms. The van der Waals surface area contributed by atoms with Crippen molar-refractivity contribution >= 4 is 11.4 Å². The molecule has 0 spiro atoms. The molecule has 0 aliphatic rings. The van der Waals surface area contributed by atoms with Gasteiger partial charge in [0, 0.05) is 18.0 Å². The van der Waals surface area contributed by atoms with E-state index in [0.717, 1.165) is 22.7 Å². The third-order valence-corrected chi connectivity index (χ3v) is 2.75. The summed E-state index contributed by atoms with van der Waals surface area (Å²) in [5.74, 6) is 0.803. The molecule has 94 valence electrons. The molecule has 2 aromatic rings. The van der Waals surface area contributed by atoms with Gasteiger partial charge in [0.1, 0.15) is 5.75 Å². The van der Waals surface area contributed by atoms with Crippen molar-refractivity contribution in [2.75, 3.05) is 19.0 Å². The van der Waals surface area contributed by atoms with Gasteiger partial charge in [0.2, 0.25) is 0 Å². The largest absolute Gasteiger partial charge is 0.497 e. The number of anilines is 2. The van der Waals surface area contributed by atoms with E-state index in [2.05, 4.69) is 5.32 Å². The summed E-state index contributed by atoms with van der Waals surface area (Å²) in [5, 5.41) is 12.4. The fraction of sp³-hybridized carbons (Fsp3) is 0.200. The molecule has 0 aromatic heterocycles. The van der Waals surface area contributed by atoms with Gasteiger partial charge in [-0.3, -0.25) is 0 Å². The highest BCUT2D eigenvalue weighted by Gasteiger charge is 2.04. The lowest BCUT2D eigenvalue weighted by atomic mass is 10.1. The predicted molar refractivity (Wildman–Crippen MR) is 73.5 cm³/mol. The monoisotopic (exact) mass is 243 g/mol. The van der Waals surface area contributed by atoms with E-state index in [4.69, 9.17) is 9.84 Å². The van der Waals surface area contributed by atoms with Crippen LogP contribution in [0.5, 0.6) is 5.75 Å². The maximum atomic E-state index is 9.11. The summed E-state index contributed by atoms with van der Waals surface area (Å²) in [7, 11) is 1.64. The first kappa shape index (κ1) is 12.5. The topological polar surface area (TPSA) is 41.5 Å².